The predicted molar refractivity (Wildman–Crippen MR) is 69.3 cm³/mol. The fourth-order valence-corrected chi connectivity index (χ4v) is 2.51. The van der Waals surface area contributed by atoms with E-state index in [1.807, 2.05) is 0 Å². The molecule has 2 rings (SSSR count). The molecule has 0 aliphatic heterocycles. The van der Waals surface area contributed by atoms with Crippen molar-refractivity contribution in [2.24, 2.45) is 7.05 Å². The van der Waals surface area contributed by atoms with Gasteiger partial charge in [0.1, 0.15) is 5.69 Å². The molecule has 0 spiro atoms. The summed E-state index contributed by atoms with van der Waals surface area (Å²) in [6.07, 6.45) is 1.12. The van der Waals surface area contributed by atoms with Crippen LogP contribution in [-0.4, -0.2) is 29.4 Å². The predicted octanol–water partition coefficient (Wildman–Crippen LogP) is 1.85. The zero-order valence-corrected chi connectivity index (χ0v) is 11.7. The van der Waals surface area contributed by atoms with E-state index in [2.05, 4.69) is 10.1 Å². The highest BCUT2D eigenvalue weighted by Crippen LogP contribution is 2.29. The standard InChI is InChI=1S/C11H12ClN3O2S/c1-7-10(12)11(15(2)14-7)8-5-4-6-9(13-8)18(3,16)17/h4-6H,1-3H3. The summed E-state index contributed by atoms with van der Waals surface area (Å²) in [5.74, 6) is 0. The van der Waals surface area contributed by atoms with Crippen molar-refractivity contribution in [1.82, 2.24) is 14.8 Å². The Balaban J connectivity index is 2.66. The molecule has 5 nitrogen and oxygen atoms in total. The van der Waals surface area contributed by atoms with Gasteiger partial charge in [0.2, 0.25) is 0 Å². The van der Waals surface area contributed by atoms with Gasteiger partial charge in [-0.2, -0.15) is 5.10 Å². The summed E-state index contributed by atoms with van der Waals surface area (Å²) in [7, 11) is -1.60. The SMILES string of the molecule is Cc1nn(C)c(-c2cccc(S(C)(=O)=O)n2)c1Cl. The molecule has 2 heterocycles. The first-order valence-corrected chi connectivity index (χ1v) is 7.44. The van der Waals surface area contributed by atoms with Gasteiger partial charge in [-0.25, -0.2) is 13.4 Å². The maximum absolute atomic E-state index is 11.5. The molecular weight excluding hydrogens is 274 g/mol. The van der Waals surface area contributed by atoms with Crippen LogP contribution in [0.1, 0.15) is 5.69 Å². The van der Waals surface area contributed by atoms with Crippen LogP contribution in [0.5, 0.6) is 0 Å². The minimum absolute atomic E-state index is 0.0231. The van der Waals surface area contributed by atoms with Crippen LogP contribution < -0.4 is 0 Å². The Morgan fingerprint density at radius 2 is 2.00 bits per heavy atom. The second-order valence-electron chi connectivity index (χ2n) is 4.00. The van der Waals surface area contributed by atoms with Crippen molar-refractivity contribution in [3.8, 4) is 11.4 Å². The Labute approximate surface area is 110 Å². The quantitative estimate of drug-likeness (QED) is 0.845. The highest BCUT2D eigenvalue weighted by molar-refractivity contribution is 7.90. The third-order valence-corrected chi connectivity index (χ3v) is 3.93. The fraction of sp³-hybridized carbons (Fsp3) is 0.273. The first-order valence-electron chi connectivity index (χ1n) is 5.17. The van der Waals surface area contributed by atoms with Crippen LogP contribution in [0.25, 0.3) is 11.4 Å². The highest BCUT2D eigenvalue weighted by Gasteiger charge is 2.16. The number of halogens is 1. The normalized spacial score (nSPS) is 11.8. The molecule has 0 unspecified atom stereocenters. The van der Waals surface area contributed by atoms with Crippen molar-refractivity contribution in [2.45, 2.75) is 11.9 Å². The van der Waals surface area contributed by atoms with Crippen LogP contribution in [0.3, 0.4) is 0 Å². The molecule has 18 heavy (non-hydrogen) atoms. The van der Waals surface area contributed by atoms with E-state index in [9.17, 15) is 8.42 Å². The number of nitrogens with zero attached hydrogens (tertiary/aromatic N) is 3. The number of sulfone groups is 1. The Kier molecular flexibility index (Phi) is 3.16. The van der Waals surface area contributed by atoms with Crippen molar-refractivity contribution in [1.29, 1.82) is 0 Å². The van der Waals surface area contributed by atoms with Gasteiger partial charge >= 0.3 is 0 Å². The third kappa shape index (κ3) is 2.26. The van der Waals surface area contributed by atoms with Crippen LogP contribution in [0.15, 0.2) is 23.2 Å². The summed E-state index contributed by atoms with van der Waals surface area (Å²) in [5.41, 5.74) is 1.78. The first kappa shape index (κ1) is 13.0. The lowest BCUT2D eigenvalue weighted by molar-refractivity contribution is 0.598. The molecule has 2 aromatic heterocycles. The van der Waals surface area contributed by atoms with Crippen LogP contribution in [-0.2, 0) is 16.9 Å². The van der Waals surface area contributed by atoms with Gasteiger partial charge in [-0.1, -0.05) is 17.7 Å². The van der Waals surface area contributed by atoms with E-state index in [-0.39, 0.29) is 5.03 Å². The Bertz CT molecular complexity index is 707. The molecule has 2 aromatic rings. The van der Waals surface area contributed by atoms with Gasteiger partial charge in [0.25, 0.3) is 0 Å². The second-order valence-corrected chi connectivity index (χ2v) is 6.35. The number of aryl methyl sites for hydroxylation is 2. The van der Waals surface area contributed by atoms with Crippen molar-refractivity contribution >= 4 is 21.4 Å². The van der Waals surface area contributed by atoms with Crippen molar-refractivity contribution in [3.05, 3.63) is 28.9 Å². The number of rotatable bonds is 2. The van der Waals surface area contributed by atoms with Gasteiger partial charge in [0.15, 0.2) is 14.9 Å². The van der Waals surface area contributed by atoms with E-state index >= 15 is 0 Å². The molecule has 0 fully saturated rings. The Morgan fingerprint density at radius 1 is 1.33 bits per heavy atom. The molecular formula is C11H12ClN3O2S. The molecule has 0 radical (unpaired) electrons. The Hall–Kier alpha value is -1.40. The molecule has 0 aliphatic carbocycles. The van der Waals surface area contributed by atoms with Gasteiger partial charge in [-0.15, -0.1) is 0 Å². The lowest BCUT2D eigenvalue weighted by Gasteiger charge is -2.04. The second kappa shape index (κ2) is 4.37. The molecule has 0 amide bonds. The van der Waals surface area contributed by atoms with E-state index in [0.29, 0.717) is 22.1 Å². The van der Waals surface area contributed by atoms with E-state index in [1.54, 1.807) is 30.8 Å². The molecule has 0 atom stereocenters. The highest BCUT2D eigenvalue weighted by atomic mass is 35.5. The van der Waals surface area contributed by atoms with E-state index in [0.717, 1.165) is 6.26 Å². The first-order chi connectivity index (χ1) is 8.30. The van der Waals surface area contributed by atoms with Crippen molar-refractivity contribution < 1.29 is 8.42 Å². The van der Waals surface area contributed by atoms with E-state index < -0.39 is 9.84 Å². The van der Waals surface area contributed by atoms with Gasteiger partial charge < -0.3 is 0 Å². The minimum Gasteiger partial charge on any atom is -0.265 e. The molecule has 0 bridgehead atoms. The molecule has 0 saturated carbocycles. The summed E-state index contributed by atoms with van der Waals surface area (Å²) < 4.78 is 24.5. The van der Waals surface area contributed by atoms with Crippen LogP contribution >= 0.6 is 11.6 Å². The Morgan fingerprint density at radius 3 is 2.50 bits per heavy atom. The number of hydrogen-bond acceptors (Lipinski definition) is 4. The molecule has 0 saturated heterocycles. The number of pyridine rings is 1. The summed E-state index contributed by atoms with van der Waals surface area (Å²) in [6, 6.07) is 4.80. The van der Waals surface area contributed by atoms with Crippen LogP contribution in [0.4, 0.5) is 0 Å². The average molecular weight is 286 g/mol. The maximum atomic E-state index is 11.5. The fourth-order valence-electron chi connectivity index (χ4n) is 1.66. The zero-order valence-electron chi connectivity index (χ0n) is 10.2. The molecule has 0 aromatic carbocycles. The van der Waals surface area contributed by atoms with Crippen molar-refractivity contribution in [3.63, 3.8) is 0 Å². The summed E-state index contributed by atoms with van der Waals surface area (Å²) in [5, 5.41) is 4.68. The smallest absolute Gasteiger partial charge is 0.192 e. The van der Waals surface area contributed by atoms with Gasteiger partial charge in [-0.3, -0.25) is 4.68 Å². The van der Waals surface area contributed by atoms with Crippen molar-refractivity contribution in [2.75, 3.05) is 6.26 Å². The average Bonchev–Trinajstić information content (AvgIpc) is 2.52. The minimum atomic E-state index is -3.34. The molecule has 7 heteroatoms. The topological polar surface area (TPSA) is 64.8 Å². The summed E-state index contributed by atoms with van der Waals surface area (Å²) in [4.78, 5) is 4.12. The molecule has 0 N–H and O–H groups in total. The van der Waals surface area contributed by atoms with Crippen LogP contribution in [0, 0.1) is 6.92 Å². The van der Waals surface area contributed by atoms with Crippen LogP contribution in [0.2, 0.25) is 5.02 Å². The van der Waals surface area contributed by atoms with E-state index in [1.165, 1.54) is 6.07 Å². The van der Waals surface area contributed by atoms with Gasteiger partial charge in [0, 0.05) is 13.3 Å². The lowest BCUT2D eigenvalue weighted by atomic mass is 10.2. The monoisotopic (exact) mass is 285 g/mol. The maximum Gasteiger partial charge on any atom is 0.192 e. The zero-order chi connectivity index (χ0) is 13.5. The van der Waals surface area contributed by atoms with E-state index in [4.69, 9.17) is 11.6 Å². The largest absolute Gasteiger partial charge is 0.265 e. The third-order valence-electron chi connectivity index (χ3n) is 2.50. The molecule has 0 aliphatic rings. The van der Waals surface area contributed by atoms with Gasteiger partial charge in [-0.05, 0) is 19.1 Å². The summed E-state index contributed by atoms with van der Waals surface area (Å²) in [6.45, 7) is 1.78. The number of aromatic nitrogens is 3. The lowest BCUT2D eigenvalue weighted by Crippen LogP contribution is -2.02. The molecule has 96 valence electrons. The van der Waals surface area contributed by atoms with Gasteiger partial charge in [0.05, 0.1) is 16.4 Å². The summed E-state index contributed by atoms with van der Waals surface area (Å²) >= 11 is 6.14. The number of hydrogen-bond donors (Lipinski definition) is 0.